The SMILES string of the molecule is [C-]#[N+]c1ccc(CCN2CCC(O)(CN(C)c3ccc(C(=O)O)cc3OC)CC2)cc1. The molecular weight excluding hydrogens is 394 g/mol. The molecule has 3 rings (SSSR count). The average Bonchev–Trinajstić information content (AvgIpc) is 2.78. The first-order valence-electron chi connectivity index (χ1n) is 10.4. The molecule has 2 aromatic carbocycles. The maximum Gasteiger partial charge on any atom is 0.335 e. The molecular formula is C24H29N3O4. The van der Waals surface area contributed by atoms with Crippen LogP contribution in [0.3, 0.4) is 0 Å². The van der Waals surface area contributed by atoms with Gasteiger partial charge in [-0.25, -0.2) is 9.64 Å². The predicted octanol–water partition coefficient (Wildman–Crippen LogP) is 3.45. The van der Waals surface area contributed by atoms with E-state index >= 15 is 0 Å². The molecule has 0 aromatic heterocycles. The van der Waals surface area contributed by atoms with Crippen LogP contribution in [0.1, 0.15) is 28.8 Å². The summed E-state index contributed by atoms with van der Waals surface area (Å²) in [7, 11) is 3.40. The number of benzene rings is 2. The smallest absolute Gasteiger partial charge is 0.335 e. The summed E-state index contributed by atoms with van der Waals surface area (Å²) in [6.07, 6.45) is 2.26. The Hall–Kier alpha value is -3.08. The summed E-state index contributed by atoms with van der Waals surface area (Å²) in [5.41, 5.74) is 1.99. The fraction of sp³-hybridized carbons (Fsp3) is 0.417. The Kier molecular flexibility index (Phi) is 7.16. The van der Waals surface area contributed by atoms with Crippen molar-refractivity contribution in [1.29, 1.82) is 0 Å². The molecule has 0 spiro atoms. The summed E-state index contributed by atoms with van der Waals surface area (Å²) >= 11 is 0. The van der Waals surface area contributed by atoms with Crippen molar-refractivity contribution in [3.63, 3.8) is 0 Å². The molecule has 1 aliphatic heterocycles. The van der Waals surface area contributed by atoms with Crippen LogP contribution >= 0.6 is 0 Å². The lowest BCUT2D eigenvalue weighted by molar-refractivity contribution is -0.0137. The Labute approximate surface area is 183 Å². The number of anilines is 1. The number of hydrogen-bond acceptors (Lipinski definition) is 5. The Morgan fingerprint density at radius 3 is 2.48 bits per heavy atom. The van der Waals surface area contributed by atoms with Crippen molar-refractivity contribution in [2.24, 2.45) is 0 Å². The van der Waals surface area contributed by atoms with E-state index in [9.17, 15) is 15.0 Å². The second-order valence-electron chi connectivity index (χ2n) is 8.14. The number of carbonyl (C=O) groups is 1. The van der Waals surface area contributed by atoms with Crippen molar-refractivity contribution in [2.45, 2.75) is 24.9 Å². The van der Waals surface area contributed by atoms with Crippen LogP contribution in [-0.2, 0) is 6.42 Å². The van der Waals surface area contributed by atoms with Crippen LogP contribution in [-0.4, -0.2) is 67.0 Å². The van der Waals surface area contributed by atoms with Gasteiger partial charge in [-0.3, -0.25) is 0 Å². The van der Waals surface area contributed by atoms with Crippen molar-refractivity contribution in [2.75, 3.05) is 45.2 Å². The maximum atomic E-state index is 11.2. The minimum absolute atomic E-state index is 0.171. The lowest BCUT2D eigenvalue weighted by atomic mass is 9.90. The fourth-order valence-corrected chi connectivity index (χ4v) is 4.03. The molecule has 2 N–H and O–H groups in total. The molecule has 1 heterocycles. The molecule has 31 heavy (non-hydrogen) atoms. The number of nitrogens with zero attached hydrogens (tertiary/aromatic N) is 3. The normalized spacial score (nSPS) is 15.8. The molecule has 0 atom stereocenters. The quantitative estimate of drug-likeness (QED) is 0.634. The summed E-state index contributed by atoms with van der Waals surface area (Å²) in [5, 5.41) is 20.3. The van der Waals surface area contributed by atoms with Gasteiger partial charge in [0, 0.05) is 33.2 Å². The van der Waals surface area contributed by atoms with Gasteiger partial charge < -0.3 is 24.7 Å². The highest BCUT2D eigenvalue weighted by atomic mass is 16.5. The minimum Gasteiger partial charge on any atom is -0.495 e. The number of ether oxygens (including phenoxy) is 1. The Morgan fingerprint density at radius 2 is 1.90 bits per heavy atom. The van der Waals surface area contributed by atoms with E-state index in [1.807, 2.05) is 36.2 Å². The zero-order valence-electron chi connectivity index (χ0n) is 18.0. The van der Waals surface area contributed by atoms with Gasteiger partial charge in [0.15, 0.2) is 5.69 Å². The summed E-state index contributed by atoms with van der Waals surface area (Å²) < 4.78 is 5.37. The molecule has 164 valence electrons. The van der Waals surface area contributed by atoms with Gasteiger partial charge >= 0.3 is 5.97 Å². The average molecular weight is 424 g/mol. The van der Waals surface area contributed by atoms with Crippen LogP contribution in [0, 0.1) is 6.57 Å². The van der Waals surface area contributed by atoms with Crippen molar-refractivity contribution in [1.82, 2.24) is 4.90 Å². The molecule has 0 amide bonds. The number of hydrogen-bond donors (Lipinski definition) is 2. The van der Waals surface area contributed by atoms with Gasteiger partial charge in [-0.2, -0.15) is 0 Å². The summed E-state index contributed by atoms with van der Waals surface area (Å²) in [6, 6.07) is 12.5. The van der Waals surface area contributed by atoms with Crippen LogP contribution < -0.4 is 9.64 Å². The molecule has 2 aromatic rings. The monoisotopic (exact) mass is 423 g/mol. The van der Waals surface area contributed by atoms with Crippen molar-refractivity contribution < 1.29 is 19.7 Å². The Morgan fingerprint density at radius 1 is 1.23 bits per heavy atom. The molecule has 0 aliphatic carbocycles. The van der Waals surface area contributed by atoms with Crippen LogP contribution in [0.2, 0.25) is 0 Å². The van der Waals surface area contributed by atoms with Gasteiger partial charge in [0.05, 0.1) is 30.5 Å². The van der Waals surface area contributed by atoms with Gasteiger partial charge in [-0.05, 0) is 43.0 Å². The zero-order chi connectivity index (χ0) is 22.4. The number of rotatable bonds is 8. The molecule has 7 heteroatoms. The highest BCUT2D eigenvalue weighted by Gasteiger charge is 2.33. The lowest BCUT2D eigenvalue weighted by Gasteiger charge is -2.41. The van der Waals surface area contributed by atoms with E-state index < -0.39 is 11.6 Å². The van der Waals surface area contributed by atoms with E-state index in [2.05, 4.69) is 9.74 Å². The predicted molar refractivity (Wildman–Crippen MR) is 120 cm³/mol. The first kappa shape index (κ1) is 22.6. The molecule has 0 bridgehead atoms. The number of likely N-dealkylation sites (tertiary alicyclic amines) is 1. The largest absolute Gasteiger partial charge is 0.495 e. The molecule has 0 radical (unpaired) electrons. The van der Waals surface area contributed by atoms with Gasteiger partial charge in [0.2, 0.25) is 0 Å². The number of piperidine rings is 1. The van der Waals surface area contributed by atoms with Crippen LogP contribution in [0.25, 0.3) is 4.85 Å². The highest BCUT2D eigenvalue weighted by Crippen LogP contribution is 2.32. The first-order valence-corrected chi connectivity index (χ1v) is 10.4. The van der Waals surface area contributed by atoms with E-state index in [1.54, 1.807) is 12.1 Å². The number of carboxylic acids is 1. The summed E-state index contributed by atoms with van der Waals surface area (Å²) in [6.45, 7) is 10.0. The van der Waals surface area contributed by atoms with Crippen LogP contribution in [0.4, 0.5) is 11.4 Å². The van der Waals surface area contributed by atoms with Gasteiger partial charge in [-0.1, -0.05) is 24.3 Å². The number of methoxy groups -OCH3 is 1. The molecule has 1 saturated heterocycles. The van der Waals surface area contributed by atoms with E-state index in [-0.39, 0.29) is 5.56 Å². The highest BCUT2D eigenvalue weighted by molar-refractivity contribution is 5.89. The second-order valence-corrected chi connectivity index (χ2v) is 8.14. The van der Waals surface area contributed by atoms with Crippen LogP contribution in [0.5, 0.6) is 5.75 Å². The summed E-state index contributed by atoms with van der Waals surface area (Å²) in [4.78, 5) is 18.9. The first-order chi connectivity index (χ1) is 14.8. The van der Waals surface area contributed by atoms with Crippen molar-refractivity contribution in [3.8, 4) is 5.75 Å². The number of likely N-dealkylation sites (N-methyl/N-ethyl adjacent to an activating group) is 1. The minimum atomic E-state index is -0.999. The number of carboxylic acid groups (broad SMARTS) is 1. The molecule has 1 fully saturated rings. The number of aliphatic hydroxyl groups is 1. The van der Waals surface area contributed by atoms with Crippen molar-refractivity contribution in [3.05, 3.63) is 65.0 Å². The molecule has 0 saturated carbocycles. The third-order valence-electron chi connectivity index (χ3n) is 5.94. The second kappa shape index (κ2) is 9.82. The standard InChI is InChI=1S/C24H29N3O4/c1-25-20-7-4-18(5-8-20)10-13-27-14-11-24(30,12-15-27)17-26(2)21-9-6-19(23(28)29)16-22(21)31-3/h4-9,16,30H,10-15,17H2,2-3H3,(H,28,29). The topological polar surface area (TPSA) is 77.6 Å². The summed E-state index contributed by atoms with van der Waals surface area (Å²) in [5.74, 6) is -0.520. The van der Waals surface area contributed by atoms with E-state index in [0.29, 0.717) is 30.8 Å². The molecule has 7 nitrogen and oxygen atoms in total. The molecule has 0 unspecified atom stereocenters. The number of aromatic carboxylic acids is 1. The maximum absolute atomic E-state index is 11.2. The van der Waals surface area contributed by atoms with Crippen LogP contribution in [0.15, 0.2) is 42.5 Å². The Balaban J connectivity index is 1.54. The van der Waals surface area contributed by atoms with E-state index in [4.69, 9.17) is 11.3 Å². The van der Waals surface area contributed by atoms with E-state index in [0.717, 1.165) is 31.7 Å². The van der Waals surface area contributed by atoms with Gasteiger partial charge in [-0.15, -0.1) is 0 Å². The van der Waals surface area contributed by atoms with Crippen molar-refractivity contribution >= 4 is 17.3 Å². The molecule has 1 aliphatic rings. The zero-order valence-corrected chi connectivity index (χ0v) is 18.0. The third kappa shape index (κ3) is 5.75. The third-order valence-corrected chi connectivity index (χ3v) is 5.94. The Bertz CT molecular complexity index is 944. The van der Waals surface area contributed by atoms with E-state index in [1.165, 1.54) is 18.7 Å². The van der Waals surface area contributed by atoms with Gasteiger partial charge in [0.1, 0.15) is 5.75 Å². The lowest BCUT2D eigenvalue weighted by Crippen LogP contribution is -2.50. The fourth-order valence-electron chi connectivity index (χ4n) is 4.03. The van der Waals surface area contributed by atoms with Gasteiger partial charge in [0.25, 0.3) is 0 Å².